The van der Waals surface area contributed by atoms with Gasteiger partial charge in [0.1, 0.15) is 6.07 Å². The second kappa shape index (κ2) is 5.54. The lowest BCUT2D eigenvalue weighted by Gasteiger charge is -2.12. The fourth-order valence-electron chi connectivity index (χ4n) is 1.72. The molecule has 0 aliphatic heterocycles. The van der Waals surface area contributed by atoms with Crippen LogP contribution in [0.2, 0.25) is 5.02 Å². The first kappa shape index (κ1) is 15.0. The van der Waals surface area contributed by atoms with Crippen molar-refractivity contribution in [1.82, 2.24) is 0 Å². The second-order valence-corrected chi connectivity index (χ2v) is 4.70. The summed E-state index contributed by atoms with van der Waals surface area (Å²) in [5.41, 5.74) is 5.87. The Morgan fingerprint density at radius 1 is 1.10 bits per heavy atom. The number of hydrogen-bond donors (Lipinski definition) is 2. The highest BCUT2D eigenvalue weighted by Crippen LogP contribution is 2.34. The van der Waals surface area contributed by atoms with Crippen LogP contribution in [0.3, 0.4) is 0 Å². The van der Waals surface area contributed by atoms with Gasteiger partial charge in [-0.25, -0.2) is 0 Å². The lowest BCUT2D eigenvalue weighted by atomic mass is 10.1. The average Bonchev–Trinajstić information content (AvgIpc) is 2.39. The molecule has 2 rings (SSSR count). The third-order valence-corrected chi connectivity index (χ3v) is 2.91. The van der Waals surface area contributed by atoms with Crippen LogP contribution in [0.25, 0.3) is 0 Å². The summed E-state index contributed by atoms with van der Waals surface area (Å²) in [7, 11) is 0. The molecule has 0 aliphatic rings. The molecule has 0 spiro atoms. The van der Waals surface area contributed by atoms with Gasteiger partial charge >= 0.3 is 6.18 Å². The summed E-state index contributed by atoms with van der Waals surface area (Å²) in [6, 6.07) is 9.54. The molecule has 21 heavy (non-hydrogen) atoms. The smallest absolute Gasteiger partial charge is 0.398 e. The number of nitrogens with two attached hydrogens (primary N) is 1. The minimum atomic E-state index is -4.49. The molecule has 0 saturated heterocycles. The highest BCUT2D eigenvalue weighted by molar-refractivity contribution is 6.31. The molecular formula is C14H9ClF3N3. The SMILES string of the molecule is N#Cc1cc(Nc2cc(Cl)cc(C(F)(F)F)c2)ccc1N. The van der Waals surface area contributed by atoms with Gasteiger partial charge in [0.15, 0.2) is 0 Å². The van der Waals surface area contributed by atoms with Gasteiger partial charge in [0.05, 0.1) is 11.1 Å². The van der Waals surface area contributed by atoms with Crippen molar-refractivity contribution in [2.75, 3.05) is 11.1 Å². The molecule has 0 unspecified atom stereocenters. The first-order valence-electron chi connectivity index (χ1n) is 5.74. The quantitative estimate of drug-likeness (QED) is 0.799. The van der Waals surface area contributed by atoms with Gasteiger partial charge in [-0.1, -0.05) is 11.6 Å². The molecule has 7 heteroatoms. The van der Waals surface area contributed by atoms with Crippen LogP contribution in [-0.2, 0) is 6.18 Å². The minimum absolute atomic E-state index is 0.0386. The summed E-state index contributed by atoms with van der Waals surface area (Å²) in [6.45, 7) is 0. The molecule has 2 aromatic rings. The predicted octanol–water partition coefficient (Wildman–Crippen LogP) is 4.56. The largest absolute Gasteiger partial charge is 0.416 e. The lowest BCUT2D eigenvalue weighted by molar-refractivity contribution is -0.137. The van der Waals surface area contributed by atoms with E-state index in [0.29, 0.717) is 11.4 Å². The van der Waals surface area contributed by atoms with Crippen LogP contribution in [0.5, 0.6) is 0 Å². The molecule has 3 nitrogen and oxygen atoms in total. The second-order valence-electron chi connectivity index (χ2n) is 4.27. The minimum Gasteiger partial charge on any atom is -0.398 e. The first-order chi connectivity index (χ1) is 9.79. The molecule has 2 aromatic carbocycles. The van der Waals surface area contributed by atoms with E-state index in [1.54, 1.807) is 6.07 Å². The number of hydrogen-bond acceptors (Lipinski definition) is 3. The van der Waals surface area contributed by atoms with Gasteiger partial charge < -0.3 is 11.1 Å². The van der Waals surface area contributed by atoms with Gasteiger partial charge in [-0.05, 0) is 36.4 Å². The highest BCUT2D eigenvalue weighted by atomic mass is 35.5. The van der Waals surface area contributed by atoms with Crippen LogP contribution in [0.4, 0.5) is 30.2 Å². The summed E-state index contributed by atoms with van der Waals surface area (Å²) in [6.07, 6.45) is -4.49. The Labute approximate surface area is 123 Å². The molecule has 0 amide bonds. The topological polar surface area (TPSA) is 61.8 Å². The van der Waals surface area contributed by atoms with E-state index in [2.05, 4.69) is 5.32 Å². The molecule has 0 aromatic heterocycles. The number of halogens is 4. The maximum absolute atomic E-state index is 12.7. The molecule has 0 fully saturated rings. The average molecular weight is 312 g/mol. The molecule has 3 N–H and O–H groups in total. The van der Waals surface area contributed by atoms with Crippen molar-refractivity contribution in [3.63, 3.8) is 0 Å². The number of benzene rings is 2. The van der Waals surface area contributed by atoms with Crippen molar-refractivity contribution in [3.8, 4) is 6.07 Å². The summed E-state index contributed by atoms with van der Waals surface area (Å²) < 4.78 is 38.1. The first-order valence-corrected chi connectivity index (χ1v) is 6.12. The zero-order valence-corrected chi connectivity index (χ0v) is 11.3. The molecule has 0 heterocycles. The number of nitrogens with one attached hydrogen (secondary N) is 1. The van der Waals surface area contributed by atoms with Crippen molar-refractivity contribution < 1.29 is 13.2 Å². The summed E-state index contributed by atoms with van der Waals surface area (Å²) in [5, 5.41) is 11.6. The molecule has 0 radical (unpaired) electrons. The van der Waals surface area contributed by atoms with Crippen LogP contribution in [0.1, 0.15) is 11.1 Å². The van der Waals surface area contributed by atoms with Crippen LogP contribution in [0.15, 0.2) is 36.4 Å². The molecule has 0 atom stereocenters. The highest BCUT2D eigenvalue weighted by Gasteiger charge is 2.31. The van der Waals surface area contributed by atoms with E-state index in [4.69, 9.17) is 22.6 Å². The van der Waals surface area contributed by atoms with Crippen molar-refractivity contribution in [2.24, 2.45) is 0 Å². The van der Waals surface area contributed by atoms with Crippen LogP contribution in [0, 0.1) is 11.3 Å². The Morgan fingerprint density at radius 3 is 2.43 bits per heavy atom. The Kier molecular flexibility index (Phi) is 3.96. The number of anilines is 3. The lowest BCUT2D eigenvalue weighted by Crippen LogP contribution is -2.05. The summed E-state index contributed by atoms with van der Waals surface area (Å²) in [5.74, 6) is 0. The number of alkyl halides is 3. The standard InChI is InChI=1S/C14H9ClF3N3/c15-10-4-9(14(16,17)18)5-12(6-10)21-11-1-2-13(20)8(3-11)7-19/h1-6,21H,20H2. The van der Waals surface area contributed by atoms with E-state index in [0.717, 1.165) is 12.1 Å². The van der Waals surface area contributed by atoms with Crippen LogP contribution in [-0.4, -0.2) is 0 Å². The fourth-order valence-corrected chi connectivity index (χ4v) is 1.96. The third-order valence-electron chi connectivity index (χ3n) is 2.69. The number of nitrogens with zero attached hydrogens (tertiary/aromatic N) is 1. The number of nitriles is 1. The Hall–Kier alpha value is -2.39. The maximum Gasteiger partial charge on any atom is 0.416 e. The van der Waals surface area contributed by atoms with E-state index < -0.39 is 11.7 Å². The van der Waals surface area contributed by atoms with Crippen molar-refractivity contribution in [1.29, 1.82) is 5.26 Å². The number of nitrogen functional groups attached to an aromatic ring is 1. The van der Waals surface area contributed by atoms with E-state index in [1.807, 2.05) is 6.07 Å². The fraction of sp³-hybridized carbons (Fsp3) is 0.0714. The van der Waals surface area contributed by atoms with Crippen LogP contribution < -0.4 is 11.1 Å². The van der Waals surface area contributed by atoms with Crippen molar-refractivity contribution >= 4 is 28.7 Å². The zero-order chi connectivity index (χ0) is 15.6. The van der Waals surface area contributed by atoms with Gasteiger partial charge in [0.25, 0.3) is 0 Å². The normalized spacial score (nSPS) is 11.0. The molecular weight excluding hydrogens is 303 g/mol. The van der Waals surface area contributed by atoms with Crippen molar-refractivity contribution in [3.05, 3.63) is 52.5 Å². The monoisotopic (exact) mass is 311 g/mol. The van der Waals surface area contributed by atoms with Crippen LogP contribution >= 0.6 is 11.6 Å². The summed E-state index contributed by atoms with van der Waals surface area (Å²) >= 11 is 5.69. The van der Waals surface area contributed by atoms with E-state index >= 15 is 0 Å². The van der Waals surface area contributed by atoms with Gasteiger partial charge in [0.2, 0.25) is 0 Å². The Bertz CT molecular complexity index is 720. The zero-order valence-electron chi connectivity index (χ0n) is 10.5. The van der Waals surface area contributed by atoms with E-state index in [-0.39, 0.29) is 16.3 Å². The van der Waals surface area contributed by atoms with Gasteiger partial charge in [0, 0.05) is 22.1 Å². The Balaban J connectivity index is 2.36. The molecule has 0 saturated carbocycles. The van der Waals surface area contributed by atoms with E-state index in [1.165, 1.54) is 18.2 Å². The van der Waals surface area contributed by atoms with Gasteiger partial charge in [-0.2, -0.15) is 18.4 Å². The Morgan fingerprint density at radius 2 is 1.81 bits per heavy atom. The molecule has 0 bridgehead atoms. The molecule has 0 aliphatic carbocycles. The number of rotatable bonds is 2. The van der Waals surface area contributed by atoms with E-state index in [9.17, 15) is 13.2 Å². The molecule has 108 valence electrons. The maximum atomic E-state index is 12.7. The van der Waals surface area contributed by atoms with Gasteiger partial charge in [-0.3, -0.25) is 0 Å². The third kappa shape index (κ3) is 3.58. The van der Waals surface area contributed by atoms with Crippen molar-refractivity contribution in [2.45, 2.75) is 6.18 Å². The van der Waals surface area contributed by atoms with Gasteiger partial charge in [-0.15, -0.1) is 0 Å². The summed E-state index contributed by atoms with van der Waals surface area (Å²) in [4.78, 5) is 0. The predicted molar refractivity (Wildman–Crippen MR) is 75.3 cm³/mol.